The summed E-state index contributed by atoms with van der Waals surface area (Å²) in [5.41, 5.74) is 0. The Hall–Kier alpha value is -0.493. The van der Waals surface area contributed by atoms with Gasteiger partial charge in [0.05, 0.1) is 5.97 Å². The SMILES string of the molecule is C=CCCCCCCC(CC)CN(CC(=O)[O-])CC(CC)CCCCCCC=C.[Li+]. The number of allylic oxidation sites excluding steroid dienone is 2. The topological polar surface area (TPSA) is 43.4 Å². The van der Waals surface area contributed by atoms with E-state index in [0.29, 0.717) is 11.8 Å². The monoisotopic (exact) mass is 413 g/mol. The molecule has 0 fully saturated rings. The van der Waals surface area contributed by atoms with Gasteiger partial charge >= 0.3 is 18.9 Å². The Morgan fingerprint density at radius 2 is 1.20 bits per heavy atom. The molecule has 2 atom stereocenters. The predicted octanol–water partition coefficient (Wildman–Crippen LogP) is 3.15. The fraction of sp³-hybridized carbons (Fsp3) is 0.808. The van der Waals surface area contributed by atoms with Gasteiger partial charge in [-0.15, -0.1) is 13.2 Å². The third-order valence-electron chi connectivity index (χ3n) is 6.08. The summed E-state index contributed by atoms with van der Waals surface area (Å²) in [6.45, 7) is 13.9. The third kappa shape index (κ3) is 19.5. The second-order valence-electron chi connectivity index (χ2n) is 8.68. The Bertz CT molecular complexity index is 384. The fourth-order valence-electron chi connectivity index (χ4n) is 4.12. The molecule has 170 valence electrons. The second-order valence-corrected chi connectivity index (χ2v) is 8.68. The number of rotatable bonds is 22. The molecular weight excluding hydrogens is 365 g/mol. The van der Waals surface area contributed by atoms with E-state index in [1.54, 1.807) is 0 Å². The van der Waals surface area contributed by atoms with Gasteiger partial charge in [-0.05, 0) is 50.4 Å². The molecule has 0 aliphatic heterocycles. The van der Waals surface area contributed by atoms with E-state index in [1.807, 2.05) is 12.2 Å². The number of hydrogen-bond acceptors (Lipinski definition) is 3. The van der Waals surface area contributed by atoms with Crippen LogP contribution in [0.3, 0.4) is 0 Å². The Labute approximate surface area is 199 Å². The first kappa shape index (κ1) is 31.7. The minimum Gasteiger partial charge on any atom is -0.549 e. The number of carbonyl (C=O) groups is 1. The molecule has 0 rings (SSSR count). The number of aliphatic carboxylic acids is 1. The van der Waals surface area contributed by atoms with E-state index in [9.17, 15) is 9.90 Å². The molecule has 0 bridgehead atoms. The van der Waals surface area contributed by atoms with Crippen molar-refractivity contribution < 1.29 is 28.8 Å². The maximum atomic E-state index is 11.3. The minimum absolute atomic E-state index is 0. The van der Waals surface area contributed by atoms with Crippen molar-refractivity contribution in [1.82, 2.24) is 4.90 Å². The number of hydrogen-bond donors (Lipinski definition) is 0. The summed E-state index contributed by atoms with van der Waals surface area (Å²) in [6, 6.07) is 0. The Morgan fingerprint density at radius 1 is 0.800 bits per heavy atom. The van der Waals surface area contributed by atoms with Gasteiger partial charge in [0.25, 0.3) is 0 Å². The van der Waals surface area contributed by atoms with Crippen molar-refractivity contribution in [3.63, 3.8) is 0 Å². The number of unbranched alkanes of at least 4 members (excludes halogenated alkanes) is 8. The van der Waals surface area contributed by atoms with Crippen LogP contribution < -0.4 is 24.0 Å². The van der Waals surface area contributed by atoms with E-state index in [2.05, 4.69) is 31.9 Å². The van der Waals surface area contributed by atoms with Gasteiger partial charge in [0.15, 0.2) is 0 Å². The number of carboxylic acid groups (broad SMARTS) is 1. The van der Waals surface area contributed by atoms with E-state index >= 15 is 0 Å². The Morgan fingerprint density at radius 3 is 1.53 bits per heavy atom. The number of carboxylic acids is 1. The summed E-state index contributed by atoms with van der Waals surface area (Å²) < 4.78 is 0. The van der Waals surface area contributed by atoms with E-state index in [-0.39, 0.29) is 25.4 Å². The molecule has 0 aliphatic carbocycles. The molecule has 30 heavy (non-hydrogen) atoms. The van der Waals surface area contributed by atoms with Crippen LogP contribution in [0.15, 0.2) is 25.3 Å². The second kappa shape index (κ2) is 23.2. The van der Waals surface area contributed by atoms with Crippen LogP contribution >= 0.6 is 0 Å². The molecule has 0 aliphatic rings. The molecule has 2 unspecified atom stereocenters. The number of carbonyl (C=O) groups excluding carboxylic acids is 1. The summed E-state index contributed by atoms with van der Waals surface area (Å²) in [5.74, 6) is 0.235. The molecule has 0 aromatic rings. The molecular formula is C26H48LiNO2. The van der Waals surface area contributed by atoms with Gasteiger partial charge in [-0.25, -0.2) is 0 Å². The molecule has 3 nitrogen and oxygen atoms in total. The molecule has 0 heterocycles. The Kier molecular flexibility index (Phi) is 24.5. The van der Waals surface area contributed by atoms with Crippen LogP contribution in [0.1, 0.15) is 104 Å². The summed E-state index contributed by atoms with van der Waals surface area (Å²) in [7, 11) is 0. The summed E-state index contributed by atoms with van der Waals surface area (Å²) in [5, 5.41) is 11.3. The number of nitrogens with zero attached hydrogens (tertiary/aromatic N) is 1. The molecule has 0 N–H and O–H groups in total. The molecule has 0 aromatic heterocycles. The zero-order valence-corrected chi connectivity index (χ0v) is 20.5. The maximum absolute atomic E-state index is 11.3. The van der Waals surface area contributed by atoms with Crippen LogP contribution in [0, 0.1) is 11.8 Å². The van der Waals surface area contributed by atoms with Crippen molar-refractivity contribution in [2.24, 2.45) is 11.8 Å². The van der Waals surface area contributed by atoms with Crippen molar-refractivity contribution in [2.75, 3.05) is 19.6 Å². The quantitative estimate of drug-likeness (QED) is 0.156. The van der Waals surface area contributed by atoms with E-state index in [0.717, 1.165) is 38.8 Å². The van der Waals surface area contributed by atoms with Crippen molar-refractivity contribution in [3.05, 3.63) is 25.3 Å². The summed E-state index contributed by atoms with van der Waals surface area (Å²) in [6.07, 6.45) is 20.9. The van der Waals surface area contributed by atoms with E-state index < -0.39 is 5.97 Å². The molecule has 0 saturated carbocycles. The molecule has 0 aromatic carbocycles. The first-order chi connectivity index (χ1) is 14.1. The van der Waals surface area contributed by atoms with Crippen molar-refractivity contribution >= 4 is 5.97 Å². The fourth-order valence-corrected chi connectivity index (χ4v) is 4.12. The molecule has 4 heteroatoms. The minimum atomic E-state index is -0.941. The van der Waals surface area contributed by atoms with Gasteiger partial charge in [0.2, 0.25) is 0 Å². The van der Waals surface area contributed by atoms with Crippen LogP contribution in [-0.2, 0) is 4.79 Å². The van der Waals surface area contributed by atoms with E-state index in [4.69, 9.17) is 0 Å². The zero-order chi connectivity index (χ0) is 21.7. The average Bonchev–Trinajstić information content (AvgIpc) is 2.70. The Balaban J connectivity index is 0. The standard InChI is InChI=1S/C26H49NO2.Li/c1-5-9-11-13-15-17-19-24(7-3)21-27(23-26(28)29)22-25(8-4)20-18-16-14-12-10-6-2;/h5-6,24-25H,1-2,7-23H2,3-4H3,(H,28,29);/q;+1/p-1. The van der Waals surface area contributed by atoms with Gasteiger partial charge in [0.1, 0.15) is 0 Å². The zero-order valence-electron chi connectivity index (χ0n) is 20.5. The predicted molar refractivity (Wildman–Crippen MR) is 125 cm³/mol. The molecule has 0 saturated heterocycles. The van der Waals surface area contributed by atoms with Gasteiger partial charge in [0, 0.05) is 19.6 Å². The van der Waals surface area contributed by atoms with Crippen LogP contribution in [0.4, 0.5) is 0 Å². The van der Waals surface area contributed by atoms with Crippen molar-refractivity contribution in [1.29, 1.82) is 0 Å². The molecule has 0 amide bonds. The van der Waals surface area contributed by atoms with Crippen LogP contribution in [0.5, 0.6) is 0 Å². The normalized spacial score (nSPS) is 12.9. The largest absolute Gasteiger partial charge is 1.00 e. The van der Waals surface area contributed by atoms with Gasteiger partial charge in [-0.1, -0.05) is 77.4 Å². The van der Waals surface area contributed by atoms with Crippen LogP contribution in [-0.4, -0.2) is 30.5 Å². The smallest absolute Gasteiger partial charge is 0.549 e. The summed E-state index contributed by atoms with van der Waals surface area (Å²) in [4.78, 5) is 13.5. The molecule has 0 spiro atoms. The molecule has 0 radical (unpaired) electrons. The average molecular weight is 414 g/mol. The first-order valence-electron chi connectivity index (χ1n) is 12.2. The third-order valence-corrected chi connectivity index (χ3v) is 6.08. The van der Waals surface area contributed by atoms with Gasteiger partial charge in [-0.2, -0.15) is 0 Å². The van der Waals surface area contributed by atoms with Gasteiger partial charge in [-0.3, -0.25) is 4.90 Å². The van der Waals surface area contributed by atoms with Crippen molar-refractivity contribution in [2.45, 2.75) is 104 Å². The van der Waals surface area contributed by atoms with Gasteiger partial charge < -0.3 is 9.90 Å². The first-order valence-corrected chi connectivity index (χ1v) is 12.2. The van der Waals surface area contributed by atoms with E-state index in [1.165, 1.54) is 64.2 Å². The summed E-state index contributed by atoms with van der Waals surface area (Å²) >= 11 is 0. The van der Waals surface area contributed by atoms with Crippen LogP contribution in [0.25, 0.3) is 0 Å². The van der Waals surface area contributed by atoms with Crippen molar-refractivity contribution in [3.8, 4) is 0 Å². The maximum Gasteiger partial charge on any atom is 1.00 e. The van der Waals surface area contributed by atoms with Crippen LogP contribution in [0.2, 0.25) is 0 Å².